The van der Waals surface area contributed by atoms with Gasteiger partial charge >= 0.3 is 0 Å². The molecule has 1 saturated carbocycles. The lowest BCUT2D eigenvalue weighted by Gasteiger charge is -2.18. The molecule has 0 unspecified atom stereocenters. The molecule has 2 rings (SSSR count). The Morgan fingerprint density at radius 1 is 1.14 bits per heavy atom. The van der Waals surface area contributed by atoms with Gasteiger partial charge in [-0.1, -0.05) is 49.9 Å². The number of hydrogen-bond acceptors (Lipinski definition) is 4. The van der Waals surface area contributed by atoms with Gasteiger partial charge < -0.3 is 10.2 Å². The average Bonchev–Trinajstić information content (AvgIpc) is 3.13. The van der Waals surface area contributed by atoms with Crippen molar-refractivity contribution < 1.29 is 13.2 Å². The fourth-order valence-electron chi connectivity index (χ4n) is 3.38. The number of amides is 1. The lowest BCUT2D eigenvalue weighted by atomic mass is 10.2. The molecule has 0 radical (unpaired) electrons. The molecule has 0 aliphatic heterocycles. The lowest BCUT2D eigenvalue weighted by Crippen LogP contribution is -2.33. The zero-order valence-corrected chi connectivity index (χ0v) is 18.8. The Morgan fingerprint density at radius 2 is 1.79 bits per heavy atom. The Balaban J connectivity index is 2.08. The zero-order valence-electron chi connectivity index (χ0n) is 16.4. The highest BCUT2D eigenvalue weighted by Gasteiger charge is 2.26. The van der Waals surface area contributed by atoms with Gasteiger partial charge in [0.2, 0.25) is 10.0 Å². The Labute approximate surface area is 178 Å². The van der Waals surface area contributed by atoms with Crippen molar-refractivity contribution in [3.05, 3.63) is 27.7 Å². The minimum absolute atomic E-state index is 0.00794. The number of nitrogens with one attached hydrogen (secondary N) is 2. The number of benzene rings is 1. The number of sulfonamides is 1. The predicted octanol–water partition coefficient (Wildman–Crippen LogP) is 3.68. The molecule has 158 valence electrons. The molecule has 2 N–H and O–H groups in total. The molecule has 1 aliphatic rings. The molecule has 1 aliphatic carbocycles. The van der Waals surface area contributed by atoms with Crippen LogP contribution >= 0.6 is 23.2 Å². The molecule has 0 atom stereocenters. The topological polar surface area (TPSA) is 78.5 Å². The van der Waals surface area contributed by atoms with Crippen molar-refractivity contribution >= 4 is 39.1 Å². The fourth-order valence-corrected chi connectivity index (χ4v) is 5.54. The minimum atomic E-state index is -3.82. The van der Waals surface area contributed by atoms with E-state index in [-0.39, 0.29) is 26.5 Å². The van der Waals surface area contributed by atoms with E-state index in [1.54, 1.807) is 0 Å². The maximum atomic E-state index is 12.7. The standard InChI is InChI=1S/C19H29Cl2N3O3S/c1-3-24(4-2)11-7-10-22-19(25)15-12-18(17(21)13-16(15)20)28(26,27)23-14-8-5-6-9-14/h12-14,23H,3-11H2,1-2H3,(H,22,25). The molecule has 9 heteroatoms. The van der Waals surface area contributed by atoms with Crippen LogP contribution in [0, 0.1) is 0 Å². The van der Waals surface area contributed by atoms with E-state index in [2.05, 4.69) is 28.8 Å². The summed E-state index contributed by atoms with van der Waals surface area (Å²) in [4.78, 5) is 14.7. The van der Waals surface area contributed by atoms with Crippen LogP contribution in [0.1, 0.15) is 56.3 Å². The van der Waals surface area contributed by atoms with E-state index in [4.69, 9.17) is 23.2 Å². The van der Waals surface area contributed by atoms with Gasteiger partial charge in [-0.15, -0.1) is 0 Å². The van der Waals surface area contributed by atoms with Crippen LogP contribution in [0.25, 0.3) is 0 Å². The first-order valence-electron chi connectivity index (χ1n) is 9.80. The van der Waals surface area contributed by atoms with Crippen LogP contribution in [-0.4, -0.2) is 51.4 Å². The molecule has 0 spiro atoms. The number of carbonyl (C=O) groups excluding carboxylic acids is 1. The lowest BCUT2D eigenvalue weighted by molar-refractivity contribution is 0.0952. The smallest absolute Gasteiger partial charge is 0.252 e. The van der Waals surface area contributed by atoms with E-state index >= 15 is 0 Å². The molecule has 1 aromatic carbocycles. The van der Waals surface area contributed by atoms with Gasteiger partial charge in [-0.3, -0.25) is 4.79 Å². The summed E-state index contributed by atoms with van der Waals surface area (Å²) in [5, 5.41) is 2.94. The molecule has 0 saturated heterocycles. The van der Waals surface area contributed by atoms with Crippen LogP contribution in [0.5, 0.6) is 0 Å². The van der Waals surface area contributed by atoms with Crippen LogP contribution in [0.2, 0.25) is 10.0 Å². The quantitative estimate of drug-likeness (QED) is 0.533. The van der Waals surface area contributed by atoms with Gasteiger partial charge in [0, 0.05) is 12.6 Å². The number of carbonyl (C=O) groups is 1. The third-order valence-electron chi connectivity index (χ3n) is 5.06. The van der Waals surface area contributed by atoms with E-state index in [1.807, 2.05) is 0 Å². The normalized spacial score (nSPS) is 15.3. The molecule has 1 fully saturated rings. The van der Waals surface area contributed by atoms with E-state index in [9.17, 15) is 13.2 Å². The highest BCUT2D eigenvalue weighted by atomic mass is 35.5. The number of rotatable bonds is 10. The van der Waals surface area contributed by atoms with Gasteiger partial charge in [0.25, 0.3) is 5.91 Å². The molecule has 1 aromatic rings. The largest absolute Gasteiger partial charge is 0.352 e. The van der Waals surface area contributed by atoms with Crippen molar-refractivity contribution in [2.75, 3.05) is 26.2 Å². The number of halogens is 2. The first-order valence-corrected chi connectivity index (χ1v) is 12.0. The summed E-state index contributed by atoms with van der Waals surface area (Å²) in [6.45, 7) is 7.48. The summed E-state index contributed by atoms with van der Waals surface area (Å²) in [6.07, 6.45) is 4.42. The molecule has 0 aromatic heterocycles. The van der Waals surface area contributed by atoms with E-state index in [1.165, 1.54) is 12.1 Å². The number of nitrogens with zero attached hydrogens (tertiary/aromatic N) is 1. The summed E-state index contributed by atoms with van der Waals surface area (Å²) in [6, 6.07) is 2.49. The highest BCUT2D eigenvalue weighted by Crippen LogP contribution is 2.30. The Kier molecular flexibility index (Phi) is 9.02. The van der Waals surface area contributed by atoms with Gasteiger partial charge in [-0.05, 0) is 51.0 Å². The maximum Gasteiger partial charge on any atom is 0.252 e. The van der Waals surface area contributed by atoms with E-state index in [0.29, 0.717) is 6.54 Å². The van der Waals surface area contributed by atoms with Gasteiger partial charge in [-0.25, -0.2) is 13.1 Å². The molecule has 28 heavy (non-hydrogen) atoms. The second-order valence-electron chi connectivity index (χ2n) is 7.00. The van der Waals surface area contributed by atoms with Crippen LogP contribution in [0.15, 0.2) is 17.0 Å². The summed E-state index contributed by atoms with van der Waals surface area (Å²) in [7, 11) is -3.82. The Morgan fingerprint density at radius 3 is 2.39 bits per heavy atom. The SMILES string of the molecule is CCN(CC)CCCNC(=O)c1cc(S(=O)(=O)NC2CCCC2)c(Cl)cc1Cl. The molecule has 6 nitrogen and oxygen atoms in total. The summed E-state index contributed by atoms with van der Waals surface area (Å²) >= 11 is 12.3. The second kappa shape index (κ2) is 10.8. The number of hydrogen-bond donors (Lipinski definition) is 2. The predicted molar refractivity (Wildman–Crippen MR) is 114 cm³/mol. The van der Waals surface area contributed by atoms with Gasteiger partial charge in [0.1, 0.15) is 4.90 Å². The van der Waals surface area contributed by atoms with Crippen molar-refractivity contribution in [2.24, 2.45) is 0 Å². The molecule has 1 amide bonds. The van der Waals surface area contributed by atoms with Crippen molar-refractivity contribution in [3.63, 3.8) is 0 Å². The molecular formula is C19H29Cl2N3O3S. The van der Waals surface area contributed by atoms with Crippen molar-refractivity contribution in [1.29, 1.82) is 0 Å². The Bertz CT molecular complexity index is 777. The monoisotopic (exact) mass is 449 g/mol. The van der Waals surface area contributed by atoms with Crippen LogP contribution in [0.4, 0.5) is 0 Å². The van der Waals surface area contributed by atoms with Gasteiger partial charge in [0.15, 0.2) is 0 Å². The van der Waals surface area contributed by atoms with Crippen molar-refractivity contribution in [2.45, 2.75) is 56.9 Å². The summed E-state index contributed by atoms with van der Waals surface area (Å²) in [5.41, 5.74) is 0.112. The van der Waals surface area contributed by atoms with Crippen LogP contribution in [0.3, 0.4) is 0 Å². The second-order valence-corrected chi connectivity index (χ2v) is 9.50. The van der Waals surface area contributed by atoms with Gasteiger partial charge in [0.05, 0.1) is 15.6 Å². The fraction of sp³-hybridized carbons (Fsp3) is 0.632. The first-order chi connectivity index (χ1) is 13.3. The highest BCUT2D eigenvalue weighted by molar-refractivity contribution is 7.89. The zero-order chi connectivity index (χ0) is 20.7. The summed E-state index contributed by atoms with van der Waals surface area (Å²) < 4.78 is 28.1. The third kappa shape index (κ3) is 6.32. The molecule has 0 bridgehead atoms. The van der Waals surface area contributed by atoms with E-state index in [0.717, 1.165) is 51.7 Å². The van der Waals surface area contributed by atoms with E-state index < -0.39 is 15.9 Å². The van der Waals surface area contributed by atoms with Crippen LogP contribution in [-0.2, 0) is 10.0 Å². The van der Waals surface area contributed by atoms with Gasteiger partial charge in [-0.2, -0.15) is 0 Å². The Hall–Kier alpha value is -0.860. The van der Waals surface area contributed by atoms with Crippen LogP contribution < -0.4 is 10.0 Å². The third-order valence-corrected chi connectivity index (χ3v) is 7.36. The molecule has 0 heterocycles. The molecular weight excluding hydrogens is 421 g/mol. The minimum Gasteiger partial charge on any atom is -0.352 e. The first kappa shape index (κ1) is 23.4. The van der Waals surface area contributed by atoms with Crippen molar-refractivity contribution in [1.82, 2.24) is 14.9 Å². The summed E-state index contributed by atoms with van der Waals surface area (Å²) in [5.74, 6) is -0.404. The average molecular weight is 450 g/mol. The van der Waals surface area contributed by atoms with Crippen molar-refractivity contribution in [3.8, 4) is 0 Å². The maximum absolute atomic E-state index is 12.7.